The van der Waals surface area contributed by atoms with Crippen LogP contribution < -0.4 is 29.2 Å². The first-order chi connectivity index (χ1) is 14.0. The highest BCUT2D eigenvalue weighted by Crippen LogP contribution is 2.38. The van der Waals surface area contributed by atoms with Gasteiger partial charge in [0.15, 0.2) is 28.8 Å². The SMILES string of the molecule is COc1cc2nc(C(=O)c3cc(OC)c(OC)c(OC)c3)[nH]c(=O)c2cc1OC. The molecule has 0 radical (unpaired) electrons. The van der Waals surface area contributed by atoms with Crippen molar-refractivity contribution >= 4 is 16.7 Å². The third kappa shape index (κ3) is 3.54. The Labute approximate surface area is 166 Å². The van der Waals surface area contributed by atoms with Crippen LogP contribution >= 0.6 is 0 Å². The molecular weight excluding hydrogens is 380 g/mol. The van der Waals surface area contributed by atoms with E-state index < -0.39 is 11.3 Å². The van der Waals surface area contributed by atoms with Gasteiger partial charge < -0.3 is 28.7 Å². The minimum Gasteiger partial charge on any atom is -0.493 e. The van der Waals surface area contributed by atoms with Gasteiger partial charge in [0, 0.05) is 11.6 Å². The van der Waals surface area contributed by atoms with Gasteiger partial charge in [-0.3, -0.25) is 9.59 Å². The summed E-state index contributed by atoms with van der Waals surface area (Å²) in [6, 6.07) is 6.02. The third-order valence-electron chi connectivity index (χ3n) is 4.35. The molecule has 0 aliphatic carbocycles. The molecule has 0 saturated heterocycles. The zero-order valence-electron chi connectivity index (χ0n) is 16.6. The summed E-state index contributed by atoms with van der Waals surface area (Å²) in [5.74, 6) is 1.10. The summed E-state index contributed by atoms with van der Waals surface area (Å²) in [5, 5.41) is 0.268. The first-order valence-corrected chi connectivity index (χ1v) is 8.48. The van der Waals surface area contributed by atoms with Gasteiger partial charge in [-0.15, -0.1) is 0 Å². The molecule has 0 unspecified atom stereocenters. The maximum Gasteiger partial charge on any atom is 0.259 e. The molecule has 0 fully saturated rings. The lowest BCUT2D eigenvalue weighted by molar-refractivity contribution is 0.102. The quantitative estimate of drug-likeness (QED) is 0.601. The van der Waals surface area contributed by atoms with Gasteiger partial charge in [0.05, 0.1) is 46.5 Å². The number of ketones is 1. The normalized spacial score (nSPS) is 10.5. The maximum absolute atomic E-state index is 13.0. The highest BCUT2D eigenvalue weighted by Gasteiger charge is 2.21. The van der Waals surface area contributed by atoms with E-state index in [1.807, 2.05) is 0 Å². The van der Waals surface area contributed by atoms with Gasteiger partial charge in [0.25, 0.3) is 5.56 Å². The van der Waals surface area contributed by atoms with Crippen LogP contribution in [-0.4, -0.2) is 51.3 Å². The predicted molar refractivity (Wildman–Crippen MR) is 105 cm³/mol. The molecule has 29 heavy (non-hydrogen) atoms. The van der Waals surface area contributed by atoms with Crippen molar-refractivity contribution in [1.82, 2.24) is 9.97 Å². The second-order valence-corrected chi connectivity index (χ2v) is 5.88. The fraction of sp³-hybridized carbons (Fsp3) is 0.250. The van der Waals surface area contributed by atoms with Crippen LogP contribution in [0.15, 0.2) is 29.1 Å². The van der Waals surface area contributed by atoms with Crippen molar-refractivity contribution in [3.05, 3.63) is 46.0 Å². The summed E-state index contributed by atoms with van der Waals surface area (Å²) in [7, 11) is 7.29. The molecule has 0 aliphatic heterocycles. The Bertz CT molecular complexity index is 1110. The smallest absolute Gasteiger partial charge is 0.259 e. The summed E-state index contributed by atoms with van der Waals surface area (Å²) in [4.78, 5) is 32.4. The summed E-state index contributed by atoms with van der Waals surface area (Å²) < 4.78 is 26.3. The number of ether oxygens (including phenoxy) is 5. The first kappa shape index (κ1) is 20.0. The Hall–Kier alpha value is -3.75. The Morgan fingerprint density at radius 2 is 1.34 bits per heavy atom. The molecule has 9 nitrogen and oxygen atoms in total. The molecule has 9 heteroatoms. The van der Waals surface area contributed by atoms with E-state index in [0.29, 0.717) is 34.3 Å². The topological polar surface area (TPSA) is 109 Å². The molecule has 0 amide bonds. The maximum atomic E-state index is 13.0. The number of rotatable bonds is 7. The molecule has 0 aliphatic rings. The second-order valence-electron chi connectivity index (χ2n) is 5.88. The van der Waals surface area contributed by atoms with Crippen LogP contribution in [0.1, 0.15) is 16.2 Å². The molecule has 0 atom stereocenters. The van der Waals surface area contributed by atoms with Crippen molar-refractivity contribution in [2.24, 2.45) is 0 Å². The van der Waals surface area contributed by atoms with E-state index >= 15 is 0 Å². The number of aromatic nitrogens is 2. The molecule has 1 aromatic heterocycles. The highest BCUT2D eigenvalue weighted by atomic mass is 16.5. The predicted octanol–water partition coefficient (Wildman–Crippen LogP) is 2.20. The van der Waals surface area contributed by atoms with Crippen LogP contribution in [0.5, 0.6) is 28.7 Å². The van der Waals surface area contributed by atoms with Crippen molar-refractivity contribution in [3.8, 4) is 28.7 Å². The van der Waals surface area contributed by atoms with E-state index in [0.717, 1.165) is 0 Å². The van der Waals surface area contributed by atoms with E-state index in [4.69, 9.17) is 23.7 Å². The standard InChI is InChI=1S/C20H20N2O7/c1-25-13-8-11-12(9-14(13)26-2)21-19(22-20(11)24)17(23)10-6-15(27-3)18(29-5)16(7-10)28-4/h6-9H,1-5H3,(H,21,22,24). The average Bonchev–Trinajstić information content (AvgIpc) is 2.76. The number of fused-ring (bicyclic) bond motifs is 1. The number of carbonyl (C=O) groups excluding carboxylic acids is 1. The van der Waals surface area contributed by atoms with Crippen LogP contribution in [0.25, 0.3) is 10.9 Å². The number of hydrogen-bond acceptors (Lipinski definition) is 8. The Balaban J connectivity index is 2.16. The van der Waals surface area contributed by atoms with Crippen LogP contribution in [0.4, 0.5) is 0 Å². The first-order valence-electron chi connectivity index (χ1n) is 8.48. The number of H-pyrrole nitrogens is 1. The molecule has 1 heterocycles. The fourth-order valence-corrected chi connectivity index (χ4v) is 2.92. The van der Waals surface area contributed by atoms with Gasteiger partial charge in [0.2, 0.25) is 11.5 Å². The molecule has 3 aromatic rings. The lowest BCUT2D eigenvalue weighted by Crippen LogP contribution is -2.17. The van der Waals surface area contributed by atoms with Gasteiger partial charge in [-0.25, -0.2) is 4.98 Å². The molecule has 3 rings (SSSR count). The van der Waals surface area contributed by atoms with E-state index in [-0.39, 0.29) is 16.8 Å². The Morgan fingerprint density at radius 3 is 1.86 bits per heavy atom. The van der Waals surface area contributed by atoms with E-state index in [9.17, 15) is 9.59 Å². The summed E-state index contributed by atoms with van der Waals surface area (Å²) in [6.07, 6.45) is 0. The molecule has 0 saturated carbocycles. The van der Waals surface area contributed by atoms with Gasteiger partial charge in [-0.05, 0) is 18.2 Å². The van der Waals surface area contributed by atoms with E-state index in [1.54, 1.807) is 0 Å². The van der Waals surface area contributed by atoms with E-state index in [1.165, 1.54) is 59.8 Å². The van der Waals surface area contributed by atoms with Gasteiger partial charge >= 0.3 is 0 Å². The summed E-state index contributed by atoms with van der Waals surface area (Å²) in [5.41, 5.74) is 0.0245. The number of nitrogens with one attached hydrogen (secondary N) is 1. The summed E-state index contributed by atoms with van der Waals surface area (Å²) >= 11 is 0. The number of methoxy groups -OCH3 is 5. The van der Waals surface area contributed by atoms with Crippen molar-refractivity contribution in [1.29, 1.82) is 0 Å². The molecule has 0 bridgehead atoms. The number of nitrogens with zero attached hydrogens (tertiary/aromatic N) is 1. The van der Waals surface area contributed by atoms with Crippen molar-refractivity contribution in [3.63, 3.8) is 0 Å². The molecule has 152 valence electrons. The minimum atomic E-state index is -0.516. The molecule has 2 aromatic carbocycles. The van der Waals surface area contributed by atoms with Gasteiger partial charge in [0.1, 0.15) is 0 Å². The number of hydrogen-bond donors (Lipinski definition) is 1. The van der Waals surface area contributed by atoms with Crippen LogP contribution in [0.3, 0.4) is 0 Å². The zero-order valence-corrected chi connectivity index (χ0v) is 16.6. The largest absolute Gasteiger partial charge is 0.493 e. The molecular formula is C20H20N2O7. The highest BCUT2D eigenvalue weighted by molar-refractivity contribution is 6.08. The number of aromatic amines is 1. The minimum absolute atomic E-state index is 0.135. The van der Waals surface area contributed by atoms with Crippen LogP contribution in [0, 0.1) is 0 Å². The van der Waals surface area contributed by atoms with Crippen LogP contribution in [0.2, 0.25) is 0 Å². The third-order valence-corrected chi connectivity index (χ3v) is 4.35. The molecule has 0 spiro atoms. The monoisotopic (exact) mass is 400 g/mol. The Kier molecular flexibility index (Phi) is 5.58. The lowest BCUT2D eigenvalue weighted by atomic mass is 10.1. The average molecular weight is 400 g/mol. The fourth-order valence-electron chi connectivity index (χ4n) is 2.92. The number of carbonyl (C=O) groups is 1. The van der Waals surface area contributed by atoms with E-state index in [2.05, 4.69) is 9.97 Å². The van der Waals surface area contributed by atoms with Crippen molar-refractivity contribution in [2.75, 3.05) is 35.5 Å². The second kappa shape index (κ2) is 8.09. The van der Waals surface area contributed by atoms with Crippen LogP contribution in [-0.2, 0) is 0 Å². The molecule has 1 N–H and O–H groups in total. The lowest BCUT2D eigenvalue weighted by Gasteiger charge is -2.13. The Morgan fingerprint density at radius 1 is 0.793 bits per heavy atom. The van der Waals surface area contributed by atoms with Gasteiger partial charge in [-0.1, -0.05) is 0 Å². The van der Waals surface area contributed by atoms with Crippen molar-refractivity contribution < 1.29 is 28.5 Å². The van der Waals surface area contributed by atoms with Gasteiger partial charge in [-0.2, -0.15) is 0 Å². The van der Waals surface area contributed by atoms with Crippen molar-refractivity contribution in [2.45, 2.75) is 0 Å². The zero-order chi connectivity index (χ0) is 21.1. The number of benzene rings is 2. The summed E-state index contributed by atoms with van der Waals surface area (Å²) in [6.45, 7) is 0.